The van der Waals surface area contributed by atoms with E-state index in [1.807, 2.05) is 0 Å². The summed E-state index contributed by atoms with van der Waals surface area (Å²) < 4.78 is 47.7. The molecular formula is C20H24FN5Na2O7S. The van der Waals surface area contributed by atoms with Crippen LogP contribution in [0.25, 0.3) is 10.9 Å². The number of amides is 1. The van der Waals surface area contributed by atoms with Crippen molar-refractivity contribution in [3.63, 3.8) is 0 Å². The number of carbonyl (C=O) groups excluding carboxylic acids is 1. The number of aromatic carboxylic acids is 1. The van der Waals surface area contributed by atoms with Gasteiger partial charge in [0.1, 0.15) is 11.4 Å². The van der Waals surface area contributed by atoms with Crippen LogP contribution in [0.4, 0.5) is 10.1 Å². The molecule has 2 fully saturated rings. The van der Waals surface area contributed by atoms with Crippen LogP contribution in [-0.2, 0) is 21.6 Å². The van der Waals surface area contributed by atoms with Crippen molar-refractivity contribution in [1.82, 2.24) is 13.8 Å². The number of hydrogen-bond donors (Lipinski definition) is 2. The summed E-state index contributed by atoms with van der Waals surface area (Å²) in [5, 5.41) is 9.27. The number of pyridine rings is 1. The Bertz CT molecular complexity index is 1380. The van der Waals surface area contributed by atoms with Gasteiger partial charge >= 0.3 is 75.4 Å². The van der Waals surface area contributed by atoms with Crippen LogP contribution in [0, 0.1) is 5.82 Å². The number of carbonyl (C=O) groups is 2. The van der Waals surface area contributed by atoms with E-state index < -0.39 is 45.0 Å². The van der Waals surface area contributed by atoms with Gasteiger partial charge in [-0.05, 0) is 19.1 Å². The fourth-order valence-corrected chi connectivity index (χ4v) is 4.69. The van der Waals surface area contributed by atoms with Crippen LogP contribution in [0.3, 0.4) is 0 Å². The van der Waals surface area contributed by atoms with Gasteiger partial charge in [-0.3, -0.25) is 19.1 Å². The molecule has 2 aliphatic rings. The van der Waals surface area contributed by atoms with Gasteiger partial charge in [0.15, 0.2) is 6.04 Å². The maximum atomic E-state index is 14.9. The SMILES string of the molecule is CCn1cc(C(=O)O)c(=O)c2cc(F)c(N3CCN(/C=N/[C@H]4CN(S(=O)(=O)O)C4=O)CC3)cc21.[NaH].[NaH]. The van der Waals surface area contributed by atoms with Crippen LogP contribution in [0.2, 0.25) is 0 Å². The number of anilines is 1. The zero-order chi connectivity index (χ0) is 24.8. The number of β-lactam (4-membered cyclic amide) rings is 1. The average molecular weight is 543 g/mol. The molecule has 0 unspecified atom stereocenters. The molecular weight excluding hydrogens is 519 g/mol. The number of aliphatic imine (C=N–C) groups is 1. The summed E-state index contributed by atoms with van der Waals surface area (Å²) in [6.45, 7) is 3.67. The predicted octanol–water partition coefficient (Wildman–Crippen LogP) is -1.27. The van der Waals surface area contributed by atoms with E-state index in [-0.39, 0.29) is 76.7 Å². The van der Waals surface area contributed by atoms with Crippen molar-refractivity contribution in [2.75, 3.05) is 37.6 Å². The first-order chi connectivity index (χ1) is 16.0. The van der Waals surface area contributed by atoms with E-state index in [4.69, 9.17) is 4.55 Å². The molecule has 0 bridgehead atoms. The molecule has 2 N–H and O–H groups in total. The molecule has 3 heterocycles. The molecule has 1 amide bonds. The van der Waals surface area contributed by atoms with Gasteiger partial charge in [0.05, 0.1) is 24.1 Å². The number of halogens is 1. The summed E-state index contributed by atoms with van der Waals surface area (Å²) in [5.41, 5.74) is -0.438. The Hall–Kier alpha value is -1.52. The number of rotatable bonds is 6. The third-order valence-electron chi connectivity index (χ3n) is 5.93. The Morgan fingerprint density at radius 2 is 1.83 bits per heavy atom. The third kappa shape index (κ3) is 5.96. The van der Waals surface area contributed by atoms with E-state index in [1.54, 1.807) is 27.4 Å². The Balaban J connectivity index is 0.00000228. The van der Waals surface area contributed by atoms with Gasteiger partial charge in [0.25, 0.3) is 5.91 Å². The number of aromatic nitrogens is 1. The van der Waals surface area contributed by atoms with E-state index >= 15 is 0 Å². The number of nitrogens with zero attached hydrogens (tertiary/aromatic N) is 5. The number of aryl methyl sites for hydroxylation is 1. The average Bonchev–Trinajstić information content (AvgIpc) is 2.77. The number of hydrogen-bond acceptors (Lipinski definition) is 7. The van der Waals surface area contributed by atoms with Crippen LogP contribution in [0.1, 0.15) is 17.3 Å². The van der Waals surface area contributed by atoms with Gasteiger partial charge < -0.3 is 19.5 Å². The summed E-state index contributed by atoms with van der Waals surface area (Å²) in [6, 6.07) is 1.74. The molecule has 1 aromatic heterocycles. The van der Waals surface area contributed by atoms with Crippen molar-refractivity contribution < 1.29 is 32.1 Å². The minimum atomic E-state index is -4.56. The van der Waals surface area contributed by atoms with Crippen molar-refractivity contribution in [1.29, 1.82) is 0 Å². The fraction of sp³-hybridized carbons (Fsp3) is 0.400. The molecule has 0 saturated carbocycles. The first-order valence-electron chi connectivity index (χ1n) is 10.4. The van der Waals surface area contributed by atoms with E-state index in [1.165, 1.54) is 12.5 Å². The Morgan fingerprint density at radius 3 is 2.36 bits per heavy atom. The van der Waals surface area contributed by atoms with Crippen LogP contribution >= 0.6 is 0 Å². The molecule has 36 heavy (non-hydrogen) atoms. The molecule has 2 saturated heterocycles. The van der Waals surface area contributed by atoms with Gasteiger partial charge in [-0.25, -0.2) is 13.5 Å². The Kier molecular flexibility index (Phi) is 10.1. The molecule has 186 valence electrons. The van der Waals surface area contributed by atoms with E-state index in [0.717, 1.165) is 6.07 Å². The predicted molar refractivity (Wildman–Crippen MR) is 134 cm³/mol. The third-order valence-corrected chi connectivity index (χ3v) is 6.82. The molecule has 16 heteroatoms. The van der Waals surface area contributed by atoms with E-state index in [2.05, 4.69) is 4.99 Å². The topological polar surface area (TPSA) is 153 Å². The zero-order valence-corrected chi connectivity index (χ0v) is 18.9. The number of fused-ring (bicyclic) bond motifs is 1. The summed E-state index contributed by atoms with van der Waals surface area (Å²) in [5.74, 6) is -2.81. The minimum absolute atomic E-state index is 0. The number of piperazine rings is 1. The Labute approximate surface area is 250 Å². The first kappa shape index (κ1) is 30.7. The summed E-state index contributed by atoms with van der Waals surface area (Å²) in [4.78, 5) is 43.3. The second kappa shape index (κ2) is 11.9. The van der Waals surface area contributed by atoms with Gasteiger partial charge in [0.2, 0.25) is 5.43 Å². The summed E-state index contributed by atoms with van der Waals surface area (Å²) in [7, 11) is -4.56. The van der Waals surface area contributed by atoms with E-state index in [9.17, 15) is 32.3 Å². The summed E-state index contributed by atoms with van der Waals surface area (Å²) >= 11 is 0. The van der Waals surface area contributed by atoms with Crippen LogP contribution in [0.5, 0.6) is 0 Å². The monoisotopic (exact) mass is 543 g/mol. The van der Waals surface area contributed by atoms with Crippen molar-refractivity contribution in [3.8, 4) is 0 Å². The molecule has 0 spiro atoms. The second-order valence-electron chi connectivity index (χ2n) is 7.93. The van der Waals surface area contributed by atoms with Gasteiger partial charge in [-0.1, -0.05) is 0 Å². The summed E-state index contributed by atoms with van der Waals surface area (Å²) in [6.07, 6.45) is 2.70. The molecule has 12 nitrogen and oxygen atoms in total. The second-order valence-corrected chi connectivity index (χ2v) is 9.27. The van der Waals surface area contributed by atoms with Crippen LogP contribution in [0.15, 0.2) is 28.1 Å². The van der Waals surface area contributed by atoms with Crippen molar-refractivity contribution in [2.45, 2.75) is 19.5 Å². The molecule has 0 aliphatic carbocycles. The molecule has 1 atom stereocenters. The zero-order valence-electron chi connectivity index (χ0n) is 18.1. The van der Waals surface area contributed by atoms with Crippen molar-refractivity contribution in [3.05, 3.63) is 39.9 Å². The van der Waals surface area contributed by atoms with Crippen molar-refractivity contribution in [2.24, 2.45) is 4.99 Å². The first-order valence-corrected chi connectivity index (χ1v) is 11.8. The molecule has 2 aliphatic heterocycles. The van der Waals surface area contributed by atoms with Crippen molar-refractivity contribution >= 4 is 104 Å². The van der Waals surface area contributed by atoms with Crippen LogP contribution < -0.4 is 10.3 Å². The van der Waals surface area contributed by atoms with Crippen LogP contribution in [-0.4, -0.2) is 148 Å². The van der Waals surface area contributed by atoms with Gasteiger partial charge in [-0.15, -0.1) is 0 Å². The molecule has 0 radical (unpaired) electrons. The Morgan fingerprint density at radius 1 is 1.19 bits per heavy atom. The quantitative estimate of drug-likeness (QED) is 0.149. The molecule has 4 rings (SSSR count). The maximum absolute atomic E-state index is 14.9. The molecule has 2 aromatic rings. The standard InChI is InChI=1S/C20H22FN5O7S.2Na.2H/c1-2-24-9-13(20(29)30)18(27)12-7-14(21)17(8-16(12)24)25-5-3-23(4-6-25)11-22-15-10-26(19(15)28)34(31,32)33;;;;/h7-9,11,15H,2-6,10H2,1H3,(H,29,30)(H,31,32,33);;;;/b22-11+;;;;/t15-;;;;/m0..../s1. The number of benzene rings is 1. The van der Waals surface area contributed by atoms with Gasteiger partial charge in [0, 0.05) is 44.3 Å². The number of carboxylic acids is 1. The normalized spacial score (nSPS) is 18.1. The fourth-order valence-electron chi connectivity index (χ4n) is 4.01. The molecule has 1 aromatic carbocycles. The van der Waals surface area contributed by atoms with Gasteiger partial charge in [-0.2, -0.15) is 8.42 Å². The van der Waals surface area contributed by atoms with E-state index in [0.29, 0.717) is 42.5 Å². The number of carboxylic acid groups (broad SMARTS) is 1.